The van der Waals surface area contributed by atoms with Crippen molar-refractivity contribution in [2.45, 2.75) is 20.4 Å². The lowest BCUT2D eigenvalue weighted by Crippen LogP contribution is -2.34. The maximum Gasteiger partial charge on any atom is 0.265 e. The van der Waals surface area contributed by atoms with Gasteiger partial charge in [0.25, 0.3) is 5.91 Å². The van der Waals surface area contributed by atoms with Gasteiger partial charge in [0.1, 0.15) is 0 Å². The molecule has 0 spiro atoms. The second kappa shape index (κ2) is 9.74. The van der Waals surface area contributed by atoms with E-state index in [0.29, 0.717) is 23.6 Å². The molecule has 0 atom stereocenters. The average molecular weight is 403 g/mol. The van der Waals surface area contributed by atoms with Crippen LogP contribution in [-0.4, -0.2) is 25.4 Å². The van der Waals surface area contributed by atoms with Crippen LogP contribution in [0.5, 0.6) is 11.5 Å². The van der Waals surface area contributed by atoms with Gasteiger partial charge in [-0.1, -0.05) is 48.0 Å². The molecular formula is C25H25NO4. The van der Waals surface area contributed by atoms with Crippen LogP contribution in [0.4, 0.5) is 5.69 Å². The molecule has 5 nitrogen and oxygen atoms in total. The van der Waals surface area contributed by atoms with Crippen molar-refractivity contribution in [3.05, 3.63) is 89.5 Å². The molecule has 0 N–H and O–H groups in total. The quantitative estimate of drug-likeness (QED) is 0.506. The lowest BCUT2D eigenvalue weighted by Gasteiger charge is -2.23. The van der Waals surface area contributed by atoms with Gasteiger partial charge in [0.15, 0.2) is 23.9 Å². The number of hydrogen-bond acceptors (Lipinski definition) is 4. The zero-order chi connectivity index (χ0) is 21.5. The molecule has 0 bridgehead atoms. The van der Waals surface area contributed by atoms with Crippen LogP contribution in [0.2, 0.25) is 0 Å². The van der Waals surface area contributed by atoms with Crippen LogP contribution in [0.1, 0.15) is 28.4 Å². The molecule has 0 radical (unpaired) electrons. The smallest absolute Gasteiger partial charge is 0.265 e. The summed E-state index contributed by atoms with van der Waals surface area (Å²) in [7, 11) is 1.50. The number of aryl methyl sites for hydroxylation is 1. The standard InChI is InChI=1S/C25H25NO4/c1-18-9-12-22(13-10-18)26(16-20-7-5-4-6-8-20)25(28)17-30-23-14-11-21(19(2)27)15-24(23)29-3/h4-15H,16-17H2,1-3H3. The molecule has 30 heavy (non-hydrogen) atoms. The Morgan fingerprint density at radius 3 is 2.23 bits per heavy atom. The normalized spacial score (nSPS) is 10.4. The summed E-state index contributed by atoms with van der Waals surface area (Å²) in [4.78, 5) is 26.4. The van der Waals surface area contributed by atoms with E-state index in [1.165, 1.54) is 14.0 Å². The summed E-state index contributed by atoms with van der Waals surface area (Å²) in [6, 6.07) is 22.6. The molecule has 0 aliphatic heterocycles. The molecule has 3 aromatic rings. The van der Waals surface area contributed by atoms with Crippen LogP contribution in [0.15, 0.2) is 72.8 Å². The van der Waals surface area contributed by atoms with E-state index in [-0.39, 0.29) is 18.3 Å². The monoisotopic (exact) mass is 403 g/mol. The van der Waals surface area contributed by atoms with Gasteiger partial charge in [-0.05, 0) is 49.7 Å². The van der Waals surface area contributed by atoms with Gasteiger partial charge in [0.05, 0.1) is 13.7 Å². The molecule has 3 rings (SSSR count). The van der Waals surface area contributed by atoms with Crippen molar-refractivity contribution < 1.29 is 19.1 Å². The van der Waals surface area contributed by atoms with Gasteiger partial charge in [0, 0.05) is 11.3 Å². The summed E-state index contributed by atoms with van der Waals surface area (Å²) in [6.07, 6.45) is 0. The summed E-state index contributed by atoms with van der Waals surface area (Å²) >= 11 is 0. The number of ether oxygens (including phenoxy) is 2. The summed E-state index contributed by atoms with van der Waals surface area (Å²) in [6.45, 7) is 3.78. The third kappa shape index (κ3) is 5.26. The van der Waals surface area contributed by atoms with Crippen LogP contribution >= 0.6 is 0 Å². The topological polar surface area (TPSA) is 55.8 Å². The number of methoxy groups -OCH3 is 1. The van der Waals surface area contributed by atoms with Crippen molar-refractivity contribution in [2.24, 2.45) is 0 Å². The lowest BCUT2D eigenvalue weighted by atomic mass is 10.1. The molecule has 0 saturated carbocycles. The summed E-state index contributed by atoms with van der Waals surface area (Å²) in [5.41, 5.74) is 3.47. The minimum Gasteiger partial charge on any atom is -0.493 e. The molecule has 1 amide bonds. The fourth-order valence-electron chi connectivity index (χ4n) is 3.04. The van der Waals surface area contributed by atoms with Crippen LogP contribution in [0, 0.1) is 6.92 Å². The van der Waals surface area contributed by atoms with E-state index < -0.39 is 0 Å². The van der Waals surface area contributed by atoms with E-state index >= 15 is 0 Å². The number of hydrogen-bond donors (Lipinski definition) is 0. The van der Waals surface area contributed by atoms with Gasteiger partial charge in [-0.3, -0.25) is 9.59 Å². The highest BCUT2D eigenvalue weighted by atomic mass is 16.5. The largest absolute Gasteiger partial charge is 0.493 e. The van der Waals surface area contributed by atoms with Crippen LogP contribution in [0.3, 0.4) is 0 Å². The Kier molecular flexibility index (Phi) is 6.86. The highest BCUT2D eigenvalue weighted by Gasteiger charge is 2.18. The number of Topliss-reactive ketones (excluding diaryl/α,β-unsaturated/α-hetero) is 1. The Bertz CT molecular complexity index is 1010. The van der Waals surface area contributed by atoms with Crippen molar-refractivity contribution in [1.29, 1.82) is 0 Å². The maximum absolute atomic E-state index is 13.1. The van der Waals surface area contributed by atoms with Crippen molar-refractivity contribution in [2.75, 3.05) is 18.6 Å². The Morgan fingerprint density at radius 1 is 0.900 bits per heavy atom. The van der Waals surface area contributed by atoms with E-state index in [2.05, 4.69) is 0 Å². The molecule has 0 aromatic heterocycles. The second-order valence-corrected chi connectivity index (χ2v) is 7.01. The van der Waals surface area contributed by atoms with Crippen LogP contribution in [-0.2, 0) is 11.3 Å². The van der Waals surface area contributed by atoms with Crippen molar-refractivity contribution in [3.8, 4) is 11.5 Å². The SMILES string of the molecule is COc1cc(C(C)=O)ccc1OCC(=O)N(Cc1ccccc1)c1ccc(C)cc1. The van der Waals surface area contributed by atoms with Gasteiger partial charge in [-0.2, -0.15) is 0 Å². The van der Waals surface area contributed by atoms with Crippen LogP contribution < -0.4 is 14.4 Å². The first-order valence-corrected chi connectivity index (χ1v) is 9.70. The Labute approximate surface area is 176 Å². The van der Waals surface area contributed by atoms with E-state index in [1.807, 2.05) is 61.5 Å². The second-order valence-electron chi connectivity index (χ2n) is 7.01. The molecular weight excluding hydrogens is 378 g/mol. The summed E-state index contributed by atoms with van der Waals surface area (Å²) in [5.74, 6) is 0.588. The third-order valence-corrected chi connectivity index (χ3v) is 4.75. The predicted octanol–water partition coefficient (Wildman–Crippen LogP) is 4.82. The highest BCUT2D eigenvalue weighted by molar-refractivity contribution is 5.95. The molecule has 3 aromatic carbocycles. The first-order valence-electron chi connectivity index (χ1n) is 9.70. The van der Waals surface area contributed by atoms with E-state index in [0.717, 1.165) is 16.8 Å². The van der Waals surface area contributed by atoms with E-state index in [9.17, 15) is 9.59 Å². The van der Waals surface area contributed by atoms with Gasteiger partial charge in [-0.15, -0.1) is 0 Å². The summed E-state index contributed by atoms with van der Waals surface area (Å²) in [5, 5.41) is 0. The molecule has 0 unspecified atom stereocenters. The Hall–Kier alpha value is -3.60. The molecule has 154 valence electrons. The average Bonchev–Trinajstić information content (AvgIpc) is 2.77. The van der Waals surface area contributed by atoms with Gasteiger partial charge < -0.3 is 14.4 Å². The minimum absolute atomic E-state index is 0.0654. The molecule has 0 aliphatic carbocycles. The third-order valence-electron chi connectivity index (χ3n) is 4.75. The van der Waals surface area contributed by atoms with E-state index in [4.69, 9.17) is 9.47 Å². The zero-order valence-corrected chi connectivity index (χ0v) is 17.4. The number of nitrogens with zero attached hydrogens (tertiary/aromatic N) is 1. The fourth-order valence-corrected chi connectivity index (χ4v) is 3.04. The number of anilines is 1. The van der Waals surface area contributed by atoms with Crippen molar-refractivity contribution in [1.82, 2.24) is 0 Å². The number of rotatable bonds is 8. The predicted molar refractivity (Wildman–Crippen MR) is 117 cm³/mol. The first kappa shape index (κ1) is 21.1. The fraction of sp³-hybridized carbons (Fsp3) is 0.200. The van der Waals surface area contributed by atoms with Gasteiger partial charge >= 0.3 is 0 Å². The molecule has 0 aliphatic rings. The number of benzene rings is 3. The van der Waals surface area contributed by atoms with E-state index in [1.54, 1.807) is 23.1 Å². The van der Waals surface area contributed by atoms with Gasteiger partial charge in [0.2, 0.25) is 0 Å². The van der Waals surface area contributed by atoms with Crippen molar-refractivity contribution in [3.63, 3.8) is 0 Å². The first-order chi connectivity index (χ1) is 14.5. The number of amides is 1. The molecule has 0 fully saturated rings. The Morgan fingerprint density at radius 2 is 1.60 bits per heavy atom. The van der Waals surface area contributed by atoms with Crippen molar-refractivity contribution >= 4 is 17.4 Å². The minimum atomic E-state index is -0.180. The highest BCUT2D eigenvalue weighted by Crippen LogP contribution is 2.28. The van der Waals surface area contributed by atoms with Crippen LogP contribution in [0.25, 0.3) is 0 Å². The zero-order valence-electron chi connectivity index (χ0n) is 17.4. The van der Waals surface area contributed by atoms with Gasteiger partial charge in [-0.25, -0.2) is 0 Å². The molecule has 0 saturated heterocycles. The summed E-state index contributed by atoms with van der Waals surface area (Å²) < 4.78 is 11.1. The number of ketones is 1. The maximum atomic E-state index is 13.1. The Balaban J connectivity index is 1.79. The molecule has 0 heterocycles. The molecule has 5 heteroatoms. The number of carbonyl (C=O) groups is 2. The lowest BCUT2D eigenvalue weighted by molar-refractivity contribution is -0.120. The number of carbonyl (C=O) groups excluding carboxylic acids is 2.